The van der Waals surface area contributed by atoms with Crippen LogP contribution >= 0.6 is 0 Å². The minimum atomic E-state index is -2.33. The minimum Gasteiger partial charge on any atom is -0.652 e. The predicted molar refractivity (Wildman–Crippen MR) is 11.1 cm³/mol. The van der Waals surface area contributed by atoms with Crippen LogP contribution in [0.2, 0.25) is 0 Å². The summed E-state index contributed by atoms with van der Waals surface area (Å²) in [4.78, 5) is 8.33. The maximum atomic E-state index is 8.33. The van der Waals surface area contributed by atoms with Gasteiger partial charge in [0.05, 0.1) is 0 Å². The van der Waals surface area contributed by atoms with Crippen LogP contribution in [-0.2, 0) is 0 Å². The summed E-state index contributed by atoms with van der Waals surface area (Å²) in [5, 5.41) is 16.7. The van der Waals surface area contributed by atoms with Crippen LogP contribution in [0.3, 0.4) is 0 Å². The Hall–Kier alpha value is 2.09. The molecule has 6 heavy (non-hydrogen) atoms. The first-order chi connectivity index (χ1) is 1.73. The van der Waals surface area contributed by atoms with Gasteiger partial charge >= 0.3 is 91.9 Å². The van der Waals surface area contributed by atoms with E-state index in [-0.39, 0.29) is 91.9 Å². The van der Waals surface area contributed by atoms with Gasteiger partial charge in [0.2, 0.25) is 0 Å². The second kappa shape index (κ2) is 10.1. The zero-order valence-corrected chi connectivity index (χ0v) is 11.1. The van der Waals surface area contributed by atoms with Crippen LogP contribution < -0.4 is 79.1 Å². The maximum Gasteiger partial charge on any atom is 2.00 e. The van der Waals surface area contributed by atoms with E-state index in [1.807, 2.05) is 0 Å². The Morgan fingerprint density at radius 1 is 1.33 bits per heavy atom. The van der Waals surface area contributed by atoms with Crippen LogP contribution in [0.5, 0.6) is 0 Å². The summed E-state index contributed by atoms with van der Waals surface area (Å²) in [5.41, 5.74) is 0. The topological polar surface area (TPSA) is 63.2 Å². The summed E-state index contributed by atoms with van der Waals surface area (Å²) in [6, 6.07) is 0. The predicted octanol–water partition coefficient (Wildman–Crippen LogP) is -5.82. The Morgan fingerprint density at radius 2 is 1.33 bits per heavy atom. The fraction of sp³-hybridized carbons (Fsp3) is 0. The molecule has 0 heterocycles. The van der Waals surface area contributed by atoms with Crippen LogP contribution in [0, 0.1) is 0 Å². The Kier molecular flexibility index (Phi) is 26.5. The van der Waals surface area contributed by atoms with E-state index in [0.717, 1.165) is 0 Å². The standard InChI is InChI=1S/CH2O3.Cs.Mg/c2-1(3)4;;/h(H2,2,3,4);;/q;+1;+2/p-2. The van der Waals surface area contributed by atoms with E-state index in [0.29, 0.717) is 0 Å². The first-order valence-electron chi connectivity index (χ1n) is 0.612. The summed E-state index contributed by atoms with van der Waals surface area (Å²) in [6.45, 7) is 0. The fourth-order valence-corrected chi connectivity index (χ4v) is 0. The molecular formula is CCsMgO3+. The van der Waals surface area contributed by atoms with E-state index in [1.165, 1.54) is 0 Å². The number of hydrogen-bond acceptors (Lipinski definition) is 3. The number of rotatable bonds is 0. The Balaban J connectivity index is -0.0000000450. The molecule has 5 heteroatoms. The molecule has 0 spiro atoms. The molecule has 0 aromatic carbocycles. The minimum absolute atomic E-state index is 0. The zero-order chi connectivity index (χ0) is 3.58. The molecule has 0 saturated carbocycles. The van der Waals surface area contributed by atoms with Gasteiger partial charge in [0.15, 0.2) is 0 Å². The van der Waals surface area contributed by atoms with Crippen molar-refractivity contribution in [2.24, 2.45) is 0 Å². The van der Waals surface area contributed by atoms with Gasteiger partial charge in [-0.25, -0.2) is 0 Å². The summed E-state index contributed by atoms with van der Waals surface area (Å²) < 4.78 is 0. The van der Waals surface area contributed by atoms with E-state index >= 15 is 0 Å². The largest absolute Gasteiger partial charge is 2.00 e. The molecule has 0 aliphatic heterocycles. The summed E-state index contributed by atoms with van der Waals surface area (Å²) in [5.74, 6) is 0. The number of carbonyl (C=O) groups is 1. The van der Waals surface area contributed by atoms with Gasteiger partial charge in [0.1, 0.15) is 0 Å². The summed E-state index contributed by atoms with van der Waals surface area (Å²) in [6.07, 6.45) is -2.33. The number of hydrogen-bond donors (Lipinski definition) is 0. The van der Waals surface area contributed by atoms with E-state index in [4.69, 9.17) is 15.0 Å². The summed E-state index contributed by atoms with van der Waals surface area (Å²) >= 11 is 0. The van der Waals surface area contributed by atoms with Crippen LogP contribution in [0.25, 0.3) is 0 Å². The molecule has 0 bridgehead atoms. The van der Waals surface area contributed by atoms with Crippen LogP contribution in [0.1, 0.15) is 0 Å². The third kappa shape index (κ3) is 36.1. The van der Waals surface area contributed by atoms with E-state index in [1.54, 1.807) is 0 Å². The third-order valence-corrected chi connectivity index (χ3v) is 0. The molecule has 0 radical (unpaired) electrons. The van der Waals surface area contributed by atoms with Crippen molar-refractivity contribution in [2.45, 2.75) is 0 Å². The van der Waals surface area contributed by atoms with E-state index < -0.39 is 6.16 Å². The quantitative estimate of drug-likeness (QED) is 0.380. The van der Waals surface area contributed by atoms with Gasteiger partial charge in [-0.2, -0.15) is 0 Å². The van der Waals surface area contributed by atoms with E-state index in [2.05, 4.69) is 0 Å². The van der Waals surface area contributed by atoms with Crippen LogP contribution in [0.4, 0.5) is 4.79 Å². The second-order valence-electron chi connectivity index (χ2n) is 0.250. The SMILES string of the molecule is O=C([O-])[O-].[Cs+].[Mg+2]. The summed E-state index contributed by atoms with van der Waals surface area (Å²) in [7, 11) is 0. The molecule has 0 aromatic rings. The van der Waals surface area contributed by atoms with Crippen molar-refractivity contribution in [3.05, 3.63) is 0 Å². The smallest absolute Gasteiger partial charge is 0.652 e. The Bertz CT molecular complexity index is 33.8. The fourth-order valence-electron chi connectivity index (χ4n) is 0. The average molecular weight is 217 g/mol. The molecule has 0 unspecified atom stereocenters. The molecule has 0 aliphatic rings. The van der Waals surface area contributed by atoms with Gasteiger partial charge in [0, 0.05) is 0 Å². The van der Waals surface area contributed by atoms with Gasteiger partial charge in [-0.05, 0) is 6.16 Å². The molecule has 0 fully saturated rings. The Morgan fingerprint density at radius 3 is 1.33 bits per heavy atom. The van der Waals surface area contributed by atoms with Crippen molar-refractivity contribution in [3.63, 3.8) is 0 Å². The molecular weight excluding hydrogens is 217 g/mol. The number of carbonyl (C=O) groups excluding carboxylic acids is 1. The van der Waals surface area contributed by atoms with Crippen molar-refractivity contribution in [1.82, 2.24) is 0 Å². The second-order valence-corrected chi connectivity index (χ2v) is 0.250. The molecule has 0 atom stereocenters. The van der Waals surface area contributed by atoms with Crippen molar-refractivity contribution in [1.29, 1.82) is 0 Å². The molecule has 3 nitrogen and oxygen atoms in total. The molecule has 0 N–H and O–H groups in total. The average Bonchev–Trinajstić information content (AvgIpc) is 0.811. The molecule has 0 amide bonds. The molecule has 0 aliphatic carbocycles. The van der Waals surface area contributed by atoms with Gasteiger partial charge in [-0.1, -0.05) is 0 Å². The van der Waals surface area contributed by atoms with Crippen molar-refractivity contribution in [3.8, 4) is 0 Å². The van der Waals surface area contributed by atoms with Crippen LogP contribution in [0.15, 0.2) is 0 Å². The first kappa shape index (κ1) is 15.7. The first-order valence-corrected chi connectivity index (χ1v) is 0.612. The van der Waals surface area contributed by atoms with Crippen LogP contribution in [-0.4, -0.2) is 29.2 Å². The van der Waals surface area contributed by atoms with Gasteiger partial charge < -0.3 is 15.0 Å². The van der Waals surface area contributed by atoms with Crippen molar-refractivity contribution in [2.75, 3.05) is 0 Å². The van der Waals surface area contributed by atoms with Crippen molar-refractivity contribution >= 4 is 29.2 Å². The molecule has 0 rings (SSSR count). The third-order valence-electron chi connectivity index (χ3n) is 0. The molecule has 24 valence electrons. The molecule has 0 saturated heterocycles. The molecule has 0 aromatic heterocycles. The van der Waals surface area contributed by atoms with Gasteiger partial charge in [0.25, 0.3) is 0 Å². The van der Waals surface area contributed by atoms with E-state index in [9.17, 15) is 0 Å². The monoisotopic (exact) mass is 217 g/mol. The normalized spacial score (nSPS) is 4.00. The van der Waals surface area contributed by atoms with Gasteiger partial charge in [-0.3, -0.25) is 0 Å². The maximum absolute atomic E-state index is 8.33. The van der Waals surface area contributed by atoms with Crippen molar-refractivity contribution < 1.29 is 83.9 Å². The van der Waals surface area contributed by atoms with Gasteiger partial charge in [-0.15, -0.1) is 0 Å². The number of carboxylic acid groups (broad SMARTS) is 2. The zero-order valence-electron chi connectivity index (χ0n) is 3.43. The Labute approximate surface area is 110 Å².